The summed E-state index contributed by atoms with van der Waals surface area (Å²) in [4.78, 5) is 18.1. The standard InChI is InChI=1S/C15H18N2O2S/c1-10-6-7-17(12(8-10)15(18)19)9-14-16-11-4-2-3-5-13(11)20-14/h2-5,10,12H,6-9H2,1H3,(H,18,19). The molecule has 0 amide bonds. The number of aromatic nitrogens is 1. The van der Waals surface area contributed by atoms with Gasteiger partial charge in [0.25, 0.3) is 0 Å². The Morgan fingerprint density at radius 2 is 2.30 bits per heavy atom. The lowest BCUT2D eigenvalue weighted by Crippen LogP contribution is -2.46. The molecule has 4 nitrogen and oxygen atoms in total. The first kappa shape index (κ1) is 13.5. The zero-order valence-corrected chi connectivity index (χ0v) is 12.3. The van der Waals surface area contributed by atoms with Crippen LogP contribution in [0.2, 0.25) is 0 Å². The molecular weight excluding hydrogens is 272 g/mol. The summed E-state index contributed by atoms with van der Waals surface area (Å²) in [5.41, 5.74) is 1.00. The highest BCUT2D eigenvalue weighted by Crippen LogP contribution is 2.27. The number of fused-ring (bicyclic) bond motifs is 1. The first-order valence-electron chi connectivity index (χ1n) is 6.95. The molecule has 0 spiro atoms. The van der Waals surface area contributed by atoms with Crippen molar-refractivity contribution in [1.29, 1.82) is 0 Å². The van der Waals surface area contributed by atoms with Gasteiger partial charge in [-0.05, 0) is 37.4 Å². The van der Waals surface area contributed by atoms with Gasteiger partial charge in [-0.15, -0.1) is 11.3 Å². The molecular formula is C15H18N2O2S. The zero-order chi connectivity index (χ0) is 14.1. The highest BCUT2D eigenvalue weighted by atomic mass is 32.1. The maximum Gasteiger partial charge on any atom is 0.320 e. The minimum atomic E-state index is -0.710. The molecule has 0 aliphatic carbocycles. The summed E-state index contributed by atoms with van der Waals surface area (Å²) < 4.78 is 1.17. The number of carbonyl (C=O) groups is 1. The van der Waals surface area contributed by atoms with Gasteiger partial charge in [0.05, 0.1) is 16.8 Å². The van der Waals surface area contributed by atoms with Gasteiger partial charge in [0, 0.05) is 0 Å². The van der Waals surface area contributed by atoms with Crippen molar-refractivity contribution in [2.75, 3.05) is 6.54 Å². The quantitative estimate of drug-likeness (QED) is 0.944. The lowest BCUT2D eigenvalue weighted by atomic mass is 9.92. The molecule has 0 saturated carbocycles. The molecule has 2 atom stereocenters. The van der Waals surface area contributed by atoms with E-state index in [9.17, 15) is 9.90 Å². The van der Waals surface area contributed by atoms with Crippen LogP contribution in [-0.2, 0) is 11.3 Å². The molecule has 20 heavy (non-hydrogen) atoms. The number of nitrogens with zero attached hydrogens (tertiary/aromatic N) is 2. The molecule has 1 aromatic heterocycles. The van der Waals surface area contributed by atoms with Crippen molar-refractivity contribution < 1.29 is 9.90 Å². The van der Waals surface area contributed by atoms with Crippen LogP contribution in [0.4, 0.5) is 0 Å². The fourth-order valence-corrected chi connectivity index (χ4v) is 3.79. The molecule has 1 N–H and O–H groups in total. The van der Waals surface area contributed by atoms with Crippen molar-refractivity contribution in [3.63, 3.8) is 0 Å². The number of likely N-dealkylation sites (tertiary alicyclic amines) is 1. The molecule has 1 aromatic carbocycles. The van der Waals surface area contributed by atoms with E-state index < -0.39 is 5.97 Å². The van der Waals surface area contributed by atoms with Gasteiger partial charge in [-0.1, -0.05) is 19.1 Å². The van der Waals surface area contributed by atoms with E-state index in [0.29, 0.717) is 12.5 Å². The summed E-state index contributed by atoms with van der Waals surface area (Å²) >= 11 is 1.66. The van der Waals surface area contributed by atoms with Crippen LogP contribution in [0.15, 0.2) is 24.3 Å². The van der Waals surface area contributed by atoms with E-state index in [-0.39, 0.29) is 6.04 Å². The minimum absolute atomic E-state index is 0.370. The van der Waals surface area contributed by atoms with Crippen molar-refractivity contribution in [3.8, 4) is 0 Å². The van der Waals surface area contributed by atoms with E-state index in [4.69, 9.17) is 0 Å². The van der Waals surface area contributed by atoms with Crippen LogP contribution < -0.4 is 0 Å². The average molecular weight is 290 g/mol. The maximum absolute atomic E-state index is 11.4. The van der Waals surface area contributed by atoms with Crippen LogP contribution in [-0.4, -0.2) is 33.5 Å². The number of hydrogen-bond acceptors (Lipinski definition) is 4. The molecule has 1 fully saturated rings. The third kappa shape index (κ3) is 2.69. The summed E-state index contributed by atoms with van der Waals surface area (Å²) in [6.45, 7) is 3.61. The second-order valence-electron chi connectivity index (χ2n) is 5.53. The predicted octanol–water partition coefficient (Wildman–Crippen LogP) is 2.98. The van der Waals surface area contributed by atoms with Crippen molar-refractivity contribution in [2.45, 2.75) is 32.4 Å². The van der Waals surface area contributed by atoms with Crippen molar-refractivity contribution in [2.24, 2.45) is 5.92 Å². The van der Waals surface area contributed by atoms with Crippen LogP contribution in [0.5, 0.6) is 0 Å². The minimum Gasteiger partial charge on any atom is -0.480 e. The molecule has 3 rings (SSSR count). The number of rotatable bonds is 3. The normalized spacial score (nSPS) is 24.1. The van der Waals surface area contributed by atoms with Crippen LogP contribution >= 0.6 is 11.3 Å². The van der Waals surface area contributed by atoms with Crippen LogP contribution in [0.3, 0.4) is 0 Å². The van der Waals surface area contributed by atoms with Gasteiger partial charge in [-0.2, -0.15) is 0 Å². The Bertz CT molecular complexity index is 592. The van der Waals surface area contributed by atoms with E-state index in [0.717, 1.165) is 29.9 Å². The summed E-state index contributed by atoms with van der Waals surface area (Å²) in [6.07, 6.45) is 1.80. The van der Waals surface area contributed by atoms with Crippen LogP contribution in [0, 0.1) is 5.92 Å². The Morgan fingerprint density at radius 1 is 1.50 bits per heavy atom. The molecule has 2 aromatic rings. The fourth-order valence-electron chi connectivity index (χ4n) is 2.80. The summed E-state index contributed by atoms with van der Waals surface area (Å²) in [6, 6.07) is 7.68. The number of para-hydroxylation sites is 1. The van der Waals surface area contributed by atoms with Gasteiger partial charge in [0.2, 0.25) is 0 Å². The molecule has 1 saturated heterocycles. The monoisotopic (exact) mass is 290 g/mol. The zero-order valence-electron chi connectivity index (χ0n) is 11.5. The lowest BCUT2D eigenvalue weighted by molar-refractivity contribution is -0.145. The summed E-state index contributed by atoms with van der Waals surface area (Å²) in [7, 11) is 0. The van der Waals surface area contributed by atoms with E-state index in [1.807, 2.05) is 18.2 Å². The highest BCUT2D eigenvalue weighted by molar-refractivity contribution is 7.18. The Kier molecular flexibility index (Phi) is 3.72. The number of aliphatic carboxylic acids is 1. The van der Waals surface area contributed by atoms with Gasteiger partial charge in [0.1, 0.15) is 11.0 Å². The first-order valence-corrected chi connectivity index (χ1v) is 7.76. The molecule has 5 heteroatoms. The van der Waals surface area contributed by atoms with E-state index in [1.165, 1.54) is 4.70 Å². The number of thiazole rings is 1. The third-order valence-electron chi connectivity index (χ3n) is 3.94. The number of carboxylic acid groups (broad SMARTS) is 1. The second kappa shape index (κ2) is 5.50. The number of piperidine rings is 1. The average Bonchev–Trinajstić information content (AvgIpc) is 2.82. The highest BCUT2D eigenvalue weighted by Gasteiger charge is 2.32. The van der Waals surface area contributed by atoms with E-state index >= 15 is 0 Å². The van der Waals surface area contributed by atoms with E-state index in [2.05, 4.69) is 22.9 Å². The number of carboxylic acids is 1. The molecule has 0 radical (unpaired) electrons. The van der Waals surface area contributed by atoms with Crippen LogP contribution in [0.25, 0.3) is 10.2 Å². The third-order valence-corrected chi connectivity index (χ3v) is 4.96. The molecule has 106 valence electrons. The van der Waals surface area contributed by atoms with Gasteiger partial charge in [0.15, 0.2) is 0 Å². The first-order chi connectivity index (χ1) is 9.63. The van der Waals surface area contributed by atoms with Gasteiger partial charge < -0.3 is 5.11 Å². The van der Waals surface area contributed by atoms with Crippen molar-refractivity contribution in [3.05, 3.63) is 29.3 Å². The van der Waals surface area contributed by atoms with Crippen molar-refractivity contribution >= 4 is 27.5 Å². The van der Waals surface area contributed by atoms with Crippen molar-refractivity contribution in [1.82, 2.24) is 9.88 Å². The molecule has 0 bridgehead atoms. The van der Waals surface area contributed by atoms with Gasteiger partial charge in [-0.3, -0.25) is 9.69 Å². The predicted molar refractivity (Wildman–Crippen MR) is 79.9 cm³/mol. The second-order valence-corrected chi connectivity index (χ2v) is 6.64. The van der Waals surface area contributed by atoms with Gasteiger partial charge >= 0.3 is 5.97 Å². The SMILES string of the molecule is CC1CCN(Cc2nc3ccccc3s2)C(C(=O)O)C1. The van der Waals surface area contributed by atoms with Crippen LogP contribution in [0.1, 0.15) is 24.8 Å². The van der Waals surface area contributed by atoms with E-state index in [1.54, 1.807) is 11.3 Å². The molecule has 1 aliphatic rings. The summed E-state index contributed by atoms with van der Waals surface area (Å²) in [5.74, 6) is -0.222. The Morgan fingerprint density at radius 3 is 3.05 bits per heavy atom. The molecule has 1 aliphatic heterocycles. The fraction of sp³-hybridized carbons (Fsp3) is 0.467. The number of hydrogen-bond donors (Lipinski definition) is 1. The lowest BCUT2D eigenvalue weighted by Gasteiger charge is -2.35. The molecule has 2 heterocycles. The Labute approximate surface area is 122 Å². The topological polar surface area (TPSA) is 53.4 Å². The Balaban J connectivity index is 1.80. The largest absolute Gasteiger partial charge is 0.480 e. The number of benzene rings is 1. The summed E-state index contributed by atoms with van der Waals surface area (Å²) in [5, 5.41) is 10.4. The smallest absolute Gasteiger partial charge is 0.320 e. The maximum atomic E-state index is 11.4. The molecule has 2 unspecified atom stereocenters. The van der Waals surface area contributed by atoms with Gasteiger partial charge in [-0.25, -0.2) is 4.98 Å². The Hall–Kier alpha value is -1.46.